The molecule has 0 saturated heterocycles. The highest BCUT2D eigenvalue weighted by Crippen LogP contribution is 2.18. The second-order valence-corrected chi connectivity index (χ2v) is 11.9. The number of aromatic nitrogens is 1. The molecule has 1 heterocycles. The van der Waals surface area contributed by atoms with E-state index in [1.165, 1.54) is 6.92 Å². The van der Waals surface area contributed by atoms with Crippen molar-refractivity contribution >= 4 is 40.3 Å². The van der Waals surface area contributed by atoms with E-state index in [1.54, 1.807) is 41.9 Å². The van der Waals surface area contributed by atoms with Gasteiger partial charge in [0.15, 0.2) is 0 Å². The normalized spacial score (nSPS) is 12.7. The maximum absolute atomic E-state index is 13.9. The highest BCUT2D eigenvalue weighted by atomic mass is 16.2. The van der Waals surface area contributed by atoms with E-state index in [0.717, 1.165) is 27.6 Å². The Kier molecular flexibility index (Phi) is 11.3. The molecule has 0 spiro atoms. The van der Waals surface area contributed by atoms with Gasteiger partial charge in [-0.1, -0.05) is 109 Å². The van der Waals surface area contributed by atoms with Crippen LogP contribution in [0.3, 0.4) is 0 Å². The minimum absolute atomic E-state index is 0. The molecule has 1 aromatic heterocycles. The molecule has 0 bridgehead atoms. The van der Waals surface area contributed by atoms with E-state index >= 15 is 0 Å². The van der Waals surface area contributed by atoms with Crippen LogP contribution in [0.25, 0.3) is 10.9 Å². The van der Waals surface area contributed by atoms with Crippen LogP contribution in [0.2, 0.25) is 0 Å². The largest absolute Gasteiger partial charge is 0.345 e. The van der Waals surface area contributed by atoms with Crippen molar-refractivity contribution in [3.8, 4) is 0 Å². The molecule has 4 amide bonds. The lowest BCUT2D eigenvalue weighted by Crippen LogP contribution is -2.57. The average molecular weight is 666 g/mol. The van der Waals surface area contributed by atoms with Gasteiger partial charge in [0.1, 0.15) is 23.8 Å². The van der Waals surface area contributed by atoms with Gasteiger partial charge in [-0.15, -0.1) is 0 Å². The zero-order valence-electron chi connectivity index (χ0n) is 27.4. The predicted octanol–water partition coefficient (Wildman–Crippen LogP) is 4.62. The van der Waals surface area contributed by atoms with E-state index in [1.807, 2.05) is 91.0 Å². The summed E-state index contributed by atoms with van der Waals surface area (Å²) in [5, 5.41) is 11.8. The van der Waals surface area contributed by atoms with Crippen LogP contribution in [0.4, 0.5) is 0 Å². The maximum atomic E-state index is 13.9. The zero-order chi connectivity index (χ0) is 34.8. The van der Waals surface area contributed by atoms with Gasteiger partial charge in [-0.2, -0.15) is 0 Å². The number of Topliss-reactive ketones (excluding diaryl/α,β-unsaturated/α-hetero) is 1. The molecule has 3 atom stereocenters. The van der Waals surface area contributed by atoms with Crippen molar-refractivity contribution < 1.29 is 29.7 Å². The zero-order valence-corrected chi connectivity index (χ0v) is 27.4. The van der Waals surface area contributed by atoms with Gasteiger partial charge in [-0.25, -0.2) is 0 Å². The summed E-state index contributed by atoms with van der Waals surface area (Å²) in [5.74, 6) is -3.32. The van der Waals surface area contributed by atoms with E-state index in [0.29, 0.717) is 5.69 Å². The number of ketones is 1. The fraction of sp³-hybridized carbons (Fsp3) is 0.205. The smallest absolute Gasteiger partial charge is 0.289 e. The van der Waals surface area contributed by atoms with Gasteiger partial charge in [-0.3, -0.25) is 24.0 Å². The van der Waals surface area contributed by atoms with Crippen LogP contribution in [0.15, 0.2) is 121 Å². The third-order valence-corrected chi connectivity index (χ3v) is 8.28. The summed E-state index contributed by atoms with van der Waals surface area (Å²) in [6, 6.07) is 33.3. The molecule has 0 saturated carbocycles. The minimum Gasteiger partial charge on any atom is -0.345 e. The molecule has 5 aromatic rings. The molecule has 0 radical (unpaired) electrons. The number of carbonyl (C=O) groups is 5. The lowest BCUT2D eigenvalue weighted by molar-refractivity contribution is -0.140. The first kappa shape index (κ1) is 34.3. The van der Waals surface area contributed by atoms with Gasteiger partial charge in [0.25, 0.3) is 11.8 Å². The molecule has 10 nitrogen and oxygen atoms in total. The Labute approximate surface area is 290 Å². The first-order valence-electron chi connectivity index (χ1n) is 16.1. The number of fused-ring (bicyclic) bond motifs is 1. The Hall–Kier alpha value is -6.03. The molecular weight excluding hydrogens is 618 g/mol. The molecule has 258 valence electrons. The standard InChI is InChI=1S/C39H39N5O5.4H2/c1-26(41-38(48)34-24-30-20-12-13-21-33(30)44(34)2)36(46)43-32(23-28-16-8-4-9-17-28)37(47)42-31(22-27-14-6-3-7-15-27)35(45)39(49)40-25-29-18-10-5-11-19-29;;;;/h3-21,24,26,31-32H,22-23,25H2,1-2H3,(H,40,49)(H,41,48)(H,42,47)(H,43,46);4*1H/t26-,31-,32-;;;;/m0..../s1. The topological polar surface area (TPSA) is 138 Å². The first-order chi connectivity index (χ1) is 23.7. The van der Waals surface area contributed by atoms with Gasteiger partial charge in [0.05, 0.1) is 0 Å². The molecule has 5 rings (SSSR count). The number of benzene rings is 4. The summed E-state index contributed by atoms with van der Waals surface area (Å²) < 4.78 is 1.75. The summed E-state index contributed by atoms with van der Waals surface area (Å²) in [6.45, 7) is 1.68. The molecule has 49 heavy (non-hydrogen) atoms. The van der Waals surface area contributed by atoms with Crippen molar-refractivity contribution in [3.05, 3.63) is 144 Å². The van der Waals surface area contributed by atoms with Gasteiger partial charge in [0, 0.05) is 43.0 Å². The Balaban J connectivity index is 0.00000351. The number of hydrogen-bond acceptors (Lipinski definition) is 5. The van der Waals surface area contributed by atoms with E-state index in [-0.39, 0.29) is 25.1 Å². The molecule has 10 heteroatoms. The van der Waals surface area contributed by atoms with Gasteiger partial charge < -0.3 is 25.8 Å². The van der Waals surface area contributed by atoms with Crippen molar-refractivity contribution in [1.82, 2.24) is 25.8 Å². The number of amides is 4. The van der Waals surface area contributed by atoms with Gasteiger partial charge in [0.2, 0.25) is 17.6 Å². The highest BCUT2D eigenvalue weighted by molar-refractivity contribution is 6.38. The second kappa shape index (κ2) is 16.2. The molecule has 0 fully saturated rings. The van der Waals surface area contributed by atoms with Crippen molar-refractivity contribution in [2.24, 2.45) is 7.05 Å². The van der Waals surface area contributed by atoms with Crippen LogP contribution in [0, 0.1) is 0 Å². The number of aryl methyl sites for hydroxylation is 1. The third kappa shape index (κ3) is 9.07. The third-order valence-electron chi connectivity index (χ3n) is 8.28. The van der Waals surface area contributed by atoms with Crippen LogP contribution >= 0.6 is 0 Å². The van der Waals surface area contributed by atoms with Crippen LogP contribution < -0.4 is 21.3 Å². The van der Waals surface area contributed by atoms with Crippen LogP contribution in [-0.2, 0) is 45.6 Å². The van der Waals surface area contributed by atoms with Gasteiger partial charge in [-0.05, 0) is 35.7 Å². The first-order valence-corrected chi connectivity index (χ1v) is 16.1. The van der Waals surface area contributed by atoms with E-state index in [2.05, 4.69) is 21.3 Å². The van der Waals surface area contributed by atoms with Crippen LogP contribution in [0.5, 0.6) is 0 Å². The quantitative estimate of drug-likeness (QED) is 0.128. The molecule has 0 aliphatic rings. The number of hydrogen-bond donors (Lipinski definition) is 4. The second-order valence-electron chi connectivity index (χ2n) is 11.9. The number of nitrogens with zero attached hydrogens (tertiary/aromatic N) is 1. The number of carbonyl (C=O) groups excluding carboxylic acids is 5. The minimum atomic E-state index is -1.20. The molecular formula is C39H47N5O5. The number of nitrogens with one attached hydrogen (secondary N) is 4. The lowest BCUT2D eigenvalue weighted by atomic mass is 9.99. The Bertz CT molecular complexity index is 1950. The Morgan fingerprint density at radius 1 is 0.633 bits per heavy atom. The van der Waals surface area contributed by atoms with Gasteiger partial charge >= 0.3 is 0 Å². The van der Waals surface area contributed by atoms with Crippen molar-refractivity contribution in [2.45, 2.75) is 44.4 Å². The van der Waals surface area contributed by atoms with Crippen molar-refractivity contribution in [1.29, 1.82) is 0 Å². The monoisotopic (exact) mass is 665 g/mol. The summed E-state index contributed by atoms with van der Waals surface area (Å²) in [7, 11) is 1.78. The summed E-state index contributed by atoms with van der Waals surface area (Å²) in [5.41, 5.74) is 3.58. The fourth-order valence-corrected chi connectivity index (χ4v) is 5.55. The molecule has 0 unspecified atom stereocenters. The predicted molar refractivity (Wildman–Crippen MR) is 196 cm³/mol. The van der Waals surface area contributed by atoms with E-state index in [9.17, 15) is 24.0 Å². The molecule has 0 aliphatic heterocycles. The number of rotatable bonds is 14. The Morgan fingerprint density at radius 3 is 1.73 bits per heavy atom. The maximum Gasteiger partial charge on any atom is 0.289 e. The summed E-state index contributed by atoms with van der Waals surface area (Å²) in [4.78, 5) is 67.1. The summed E-state index contributed by atoms with van der Waals surface area (Å²) in [6.07, 6.45) is 0.169. The molecule has 4 N–H and O–H groups in total. The average Bonchev–Trinajstić information content (AvgIpc) is 3.47. The lowest BCUT2D eigenvalue weighted by Gasteiger charge is -2.24. The fourth-order valence-electron chi connectivity index (χ4n) is 5.55. The molecule has 0 aliphatic carbocycles. The summed E-state index contributed by atoms with van der Waals surface area (Å²) >= 11 is 0. The van der Waals surface area contributed by atoms with Crippen LogP contribution in [0.1, 0.15) is 39.8 Å². The van der Waals surface area contributed by atoms with Crippen molar-refractivity contribution in [2.75, 3.05) is 0 Å². The van der Waals surface area contributed by atoms with E-state index in [4.69, 9.17) is 0 Å². The highest BCUT2D eigenvalue weighted by Gasteiger charge is 2.31. The molecule has 4 aromatic carbocycles. The van der Waals surface area contributed by atoms with Crippen LogP contribution in [-0.4, -0.2) is 52.1 Å². The number of para-hydroxylation sites is 1. The van der Waals surface area contributed by atoms with E-state index < -0.39 is 47.5 Å². The Morgan fingerprint density at radius 2 is 1.14 bits per heavy atom. The SMILES string of the molecule is C[C@H](NC(=O)c1cc2ccccc2n1C)C(=O)N[C@@H](Cc1ccccc1)C(=O)N[C@@H](Cc1ccccc1)C(=O)C(=O)NCc1ccccc1.[HH].[HH].[HH].[HH]. The van der Waals surface area contributed by atoms with Crippen molar-refractivity contribution in [3.63, 3.8) is 0 Å².